The molecule has 1 rings (SSSR count). The summed E-state index contributed by atoms with van der Waals surface area (Å²) in [4.78, 5) is 15.4. The van der Waals surface area contributed by atoms with E-state index in [2.05, 4.69) is 15.6 Å². The Hall–Kier alpha value is -1.42. The van der Waals surface area contributed by atoms with Crippen molar-refractivity contribution >= 4 is 5.91 Å². The quantitative estimate of drug-likeness (QED) is 0.760. The standard InChI is InChI=1S/C11H17N3O/c1-8-4-5-10(14-6-8)7-13-9(2)11(15)12-3/h4-6,9,13H,7H2,1-3H3,(H,12,15)/t9-/m1/s1. The molecule has 0 radical (unpaired) electrons. The van der Waals surface area contributed by atoms with Gasteiger partial charge in [0, 0.05) is 19.8 Å². The minimum Gasteiger partial charge on any atom is -0.358 e. The van der Waals surface area contributed by atoms with Crippen LogP contribution in [-0.2, 0) is 11.3 Å². The van der Waals surface area contributed by atoms with E-state index in [1.807, 2.05) is 32.2 Å². The normalized spacial score (nSPS) is 12.2. The summed E-state index contributed by atoms with van der Waals surface area (Å²) >= 11 is 0. The van der Waals surface area contributed by atoms with Gasteiger partial charge in [0.1, 0.15) is 0 Å². The van der Waals surface area contributed by atoms with Crippen molar-refractivity contribution in [2.45, 2.75) is 26.4 Å². The molecule has 4 nitrogen and oxygen atoms in total. The number of likely N-dealkylation sites (N-methyl/N-ethyl adjacent to an activating group) is 1. The van der Waals surface area contributed by atoms with Gasteiger partial charge in [-0.3, -0.25) is 9.78 Å². The van der Waals surface area contributed by atoms with Crippen LogP contribution in [0.3, 0.4) is 0 Å². The fourth-order valence-electron chi connectivity index (χ4n) is 1.17. The lowest BCUT2D eigenvalue weighted by Gasteiger charge is -2.11. The molecule has 1 atom stereocenters. The van der Waals surface area contributed by atoms with Crippen LogP contribution >= 0.6 is 0 Å². The summed E-state index contributed by atoms with van der Waals surface area (Å²) in [5.74, 6) is -0.0119. The lowest BCUT2D eigenvalue weighted by Crippen LogP contribution is -2.40. The zero-order valence-electron chi connectivity index (χ0n) is 9.37. The SMILES string of the molecule is CNC(=O)[C@@H](C)NCc1ccc(C)cn1. The smallest absolute Gasteiger partial charge is 0.236 e. The molecule has 1 heterocycles. The molecule has 1 amide bonds. The number of nitrogens with one attached hydrogen (secondary N) is 2. The second-order valence-corrected chi connectivity index (χ2v) is 3.54. The summed E-state index contributed by atoms with van der Waals surface area (Å²) in [6, 6.07) is 3.77. The molecule has 4 heteroatoms. The van der Waals surface area contributed by atoms with Crippen LogP contribution in [0, 0.1) is 6.92 Å². The molecule has 1 aromatic heterocycles. The number of pyridine rings is 1. The van der Waals surface area contributed by atoms with Crippen LogP contribution in [0.1, 0.15) is 18.2 Å². The molecule has 2 N–H and O–H groups in total. The second kappa shape index (κ2) is 5.46. The molecule has 1 aromatic rings. The average molecular weight is 207 g/mol. The van der Waals surface area contributed by atoms with Crippen LogP contribution < -0.4 is 10.6 Å². The molecule has 0 bridgehead atoms. The van der Waals surface area contributed by atoms with Crippen molar-refractivity contribution in [3.63, 3.8) is 0 Å². The number of carbonyl (C=O) groups is 1. The van der Waals surface area contributed by atoms with Gasteiger partial charge in [0.15, 0.2) is 0 Å². The minimum absolute atomic E-state index is 0.0119. The third-order valence-corrected chi connectivity index (χ3v) is 2.20. The highest BCUT2D eigenvalue weighted by Gasteiger charge is 2.09. The highest BCUT2D eigenvalue weighted by Crippen LogP contribution is 1.98. The van der Waals surface area contributed by atoms with Gasteiger partial charge in [-0.15, -0.1) is 0 Å². The maximum absolute atomic E-state index is 11.2. The average Bonchev–Trinajstić information content (AvgIpc) is 2.26. The topological polar surface area (TPSA) is 54.0 Å². The van der Waals surface area contributed by atoms with Crippen molar-refractivity contribution in [1.29, 1.82) is 0 Å². The lowest BCUT2D eigenvalue weighted by molar-refractivity contribution is -0.122. The molecule has 0 spiro atoms. The molecule has 0 saturated heterocycles. The number of hydrogen-bond acceptors (Lipinski definition) is 3. The van der Waals surface area contributed by atoms with Gasteiger partial charge in [0.25, 0.3) is 0 Å². The predicted octanol–water partition coefficient (Wildman–Crippen LogP) is 0.614. The molecular formula is C11H17N3O. The van der Waals surface area contributed by atoms with Crippen LogP contribution in [0.5, 0.6) is 0 Å². The Morgan fingerprint density at radius 2 is 2.27 bits per heavy atom. The van der Waals surface area contributed by atoms with Gasteiger partial charge in [-0.25, -0.2) is 0 Å². The van der Waals surface area contributed by atoms with Gasteiger partial charge in [-0.1, -0.05) is 6.07 Å². The Morgan fingerprint density at radius 3 is 2.80 bits per heavy atom. The number of rotatable bonds is 4. The van der Waals surface area contributed by atoms with Crippen LogP contribution in [0.4, 0.5) is 0 Å². The minimum atomic E-state index is -0.196. The molecule has 0 aliphatic rings. The summed E-state index contributed by atoms with van der Waals surface area (Å²) in [6.45, 7) is 4.43. The number of nitrogens with zero attached hydrogens (tertiary/aromatic N) is 1. The van der Waals surface area contributed by atoms with Gasteiger partial charge < -0.3 is 10.6 Å². The fourth-order valence-corrected chi connectivity index (χ4v) is 1.17. The van der Waals surface area contributed by atoms with E-state index >= 15 is 0 Å². The predicted molar refractivity (Wildman–Crippen MR) is 59.3 cm³/mol. The van der Waals surface area contributed by atoms with E-state index in [1.54, 1.807) is 7.05 Å². The lowest BCUT2D eigenvalue weighted by atomic mass is 10.2. The van der Waals surface area contributed by atoms with Crippen LogP contribution in [0.2, 0.25) is 0 Å². The van der Waals surface area contributed by atoms with Crippen molar-refractivity contribution in [2.24, 2.45) is 0 Å². The third-order valence-electron chi connectivity index (χ3n) is 2.20. The highest BCUT2D eigenvalue weighted by atomic mass is 16.2. The molecule has 15 heavy (non-hydrogen) atoms. The summed E-state index contributed by atoms with van der Waals surface area (Å²) in [7, 11) is 1.63. The van der Waals surface area contributed by atoms with E-state index in [0.29, 0.717) is 6.54 Å². The first-order valence-electron chi connectivity index (χ1n) is 5.00. The number of aryl methyl sites for hydroxylation is 1. The molecular weight excluding hydrogens is 190 g/mol. The number of hydrogen-bond donors (Lipinski definition) is 2. The zero-order valence-corrected chi connectivity index (χ0v) is 9.37. The summed E-state index contributed by atoms with van der Waals surface area (Å²) in [5.41, 5.74) is 2.08. The molecule has 0 unspecified atom stereocenters. The van der Waals surface area contributed by atoms with Gasteiger partial charge in [0.2, 0.25) is 5.91 Å². The van der Waals surface area contributed by atoms with Crippen LogP contribution in [-0.4, -0.2) is 24.0 Å². The fraction of sp³-hybridized carbons (Fsp3) is 0.455. The molecule has 0 fully saturated rings. The first-order chi connectivity index (χ1) is 7.13. The maximum atomic E-state index is 11.2. The van der Waals surface area contributed by atoms with Crippen molar-refractivity contribution in [1.82, 2.24) is 15.6 Å². The summed E-state index contributed by atoms with van der Waals surface area (Å²) < 4.78 is 0. The van der Waals surface area contributed by atoms with E-state index in [0.717, 1.165) is 11.3 Å². The van der Waals surface area contributed by atoms with Crippen molar-refractivity contribution in [2.75, 3.05) is 7.05 Å². The molecule has 0 aromatic carbocycles. The van der Waals surface area contributed by atoms with Crippen molar-refractivity contribution < 1.29 is 4.79 Å². The Balaban J connectivity index is 2.43. The first-order valence-corrected chi connectivity index (χ1v) is 5.00. The third kappa shape index (κ3) is 3.67. The Bertz CT molecular complexity index is 321. The van der Waals surface area contributed by atoms with Gasteiger partial charge in [-0.05, 0) is 25.5 Å². The van der Waals surface area contributed by atoms with E-state index in [9.17, 15) is 4.79 Å². The van der Waals surface area contributed by atoms with Crippen LogP contribution in [0.15, 0.2) is 18.3 Å². The van der Waals surface area contributed by atoms with Gasteiger partial charge in [0.05, 0.1) is 11.7 Å². The van der Waals surface area contributed by atoms with Crippen molar-refractivity contribution in [3.8, 4) is 0 Å². The number of aromatic nitrogens is 1. The Morgan fingerprint density at radius 1 is 1.53 bits per heavy atom. The molecule has 82 valence electrons. The second-order valence-electron chi connectivity index (χ2n) is 3.54. The van der Waals surface area contributed by atoms with E-state index in [-0.39, 0.29) is 11.9 Å². The maximum Gasteiger partial charge on any atom is 0.236 e. The van der Waals surface area contributed by atoms with E-state index in [4.69, 9.17) is 0 Å². The number of amides is 1. The monoisotopic (exact) mass is 207 g/mol. The molecule has 0 aliphatic carbocycles. The van der Waals surface area contributed by atoms with Gasteiger partial charge >= 0.3 is 0 Å². The van der Waals surface area contributed by atoms with Crippen LogP contribution in [0.25, 0.3) is 0 Å². The zero-order chi connectivity index (χ0) is 11.3. The van der Waals surface area contributed by atoms with Gasteiger partial charge in [-0.2, -0.15) is 0 Å². The molecule has 0 aliphatic heterocycles. The van der Waals surface area contributed by atoms with E-state index in [1.165, 1.54) is 0 Å². The Kier molecular flexibility index (Phi) is 4.24. The first kappa shape index (κ1) is 11.7. The van der Waals surface area contributed by atoms with E-state index < -0.39 is 0 Å². The Labute approximate surface area is 90.1 Å². The summed E-state index contributed by atoms with van der Waals surface area (Å²) in [5, 5.41) is 5.68. The molecule has 0 saturated carbocycles. The largest absolute Gasteiger partial charge is 0.358 e. The number of carbonyl (C=O) groups excluding carboxylic acids is 1. The summed E-state index contributed by atoms with van der Waals surface area (Å²) in [6.07, 6.45) is 1.82. The van der Waals surface area contributed by atoms with Crippen molar-refractivity contribution in [3.05, 3.63) is 29.6 Å². The highest BCUT2D eigenvalue weighted by molar-refractivity contribution is 5.80.